The molecule has 1 saturated heterocycles. The molecule has 2 fully saturated rings. The van der Waals surface area contributed by atoms with Gasteiger partial charge in [-0.2, -0.15) is 0 Å². The highest BCUT2D eigenvalue weighted by Crippen LogP contribution is 2.36. The molecule has 1 aliphatic carbocycles. The maximum Gasteiger partial charge on any atom is 0.227 e. The first-order valence-electron chi connectivity index (χ1n) is 9.21. The average molecular weight is 344 g/mol. The van der Waals surface area contributed by atoms with E-state index in [-0.39, 0.29) is 30.2 Å². The van der Waals surface area contributed by atoms with Crippen molar-refractivity contribution >= 4 is 17.5 Å². The fourth-order valence-electron chi connectivity index (χ4n) is 3.90. The van der Waals surface area contributed by atoms with Crippen LogP contribution in [0, 0.1) is 5.92 Å². The van der Waals surface area contributed by atoms with Crippen molar-refractivity contribution in [2.24, 2.45) is 5.92 Å². The summed E-state index contributed by atoms with van der Waals surface area (Å²) in [6, 6.07) is 5.78. The van der Waals surface area contributed by atoms with Crippen LogP contribution in [-0.2, 0) is 9.59 Å². The molecular weight excluding hydrogens is 320 g/mol. The van der Waals surface area contributed by atoms with Crippen molar-refractivity contribution in [3.63, 3.8) is 0 Å². The van der Waals surface area contributed by atoms with E-state index in [4.69, 9.17) is 9.47 Å². The molecule has 1 aromatic rings. The lowest BCUT2D eigenvalue weighted by Crippen LogP contribution is -2.40. The summed E-state index contributed by atoms with van der Waals surface area (Å²) in [4.78, 5) is 26.6. The normalized spacial score (nSPS) is 23.6. The van der Waals surface area contributed by atoms with Crippen LogP contribution in [0.3, 0.4) is 0 Å². The molecule has 134 valence electrons. The molecule has 0 spiro atoms. The summed E-state index contributed by atoms with van der Waals surface area (Å²) in [5.41, 5.74) is 0.766. The third kappa shape index (κ3) is 3.43. The Hall–Kier alpha value is -2.24. The lowest BCUT2D eigenvalue weighted by atomic mass is 9.95. The number of nitrogens with one attached hydrogen (secondary N) is 1. The smallest absolute Gasteiger partial charge is 0.227 e. The van der Waals surface area contributed by atoms with Gasteiger partial charge in [0.2, 0.25) is 11.8 Å². The minimum Gasteiger partial charge on any atom is -0.486 e. The number of hydrogen-bond acceptors (Lipinski definition) is 4. The number of benzene rings is 1. The maximum atomic E-state index is 12.5. The standard InChI is InChI=1S/C19H24N2O4/c22-18-10-13(19(23)20-14-4-2-1-3-5-14)12-21(18)15-6-7-16-17(11-15)25-9-8-24-16/h6-7,11,13-14H,1-5,8-10,12H2,(H,20,23)/t13-/m0/s1. The third-order valence-electron chi connectivity index (χ3n) is 5.28. The summed E-state index contributed by atoms with van der Waals surface area (Å²) in [6.07, 6.45) is 5.99. The zero-order chi connectivity index (χ0) is 17.2. The Morgan fingerprint density at radius 2 is 1.84 bits per heavy atom. The van der Waals surface area contributed by atoms with Gasteiger partial charge in [-0.1, -0.05) is 19.3 Å². The minimum absolute atomic E-state index is 0.0135. The quantitative estimate of drug-likeness (QED) is 0.913. The number of nitrogens with zero attached hydrogens (tertiary/aromatic N) is 1. The number of ether oxygens (including phenoxy) is 2. The van der Waals surface area contributed by atoms with Crippen LogP contribution < -0.4 is 19.7 Å². The van der Waals surface area contributed by atoms with E-state index in [0.717, 1.165) is 18.5 Å². The van der Waals surface area contributed by atoms with E-state index >= 15 is 0 Å². The first-order valence-corrected chi connectivity index (χ1v) is 9.21. The average Bonchev–Trinajstić information content (AvgIpc) is 3.04. The molecule has 0 aromatic heterocycles. The summed E-state index contributed by atoms with van der Waals surface area (Å²) in [7, 11) is 0. The first-order chi connectivity index (χ1) is 12.2. The Morgan fingerprint density at radius 1 is 1.08 bits per heavy atom. The molecule has 1 aromatic carbocycles. The molecule has 0 radical (unpaired) electrons. The van der Waals surface area contributed by atoms with Crippen LogP contribution in [0.2, 0.25) is 0 Å². The molecule has 4 rings (SSSR count). The number of hydrogen-bond donors (Lipinski definition) is 1. The fraction of sp³-hybridized carbons (Fsp3) is 0.579. The van der Waals surface area contributed by atoms with E-state index in [1.54, 1.807) is 4.90 Å². The van der Waals surface area contributed by atoms with Gasteiger partial charge in [0.15, 0.2) is 11.5 Å². The maximum absolute atomic E-state index is 12.5. The Labute approximate surface area is 147 Å². The molecular formula is C19H24N2O4. The lowest BCUT2D eigenvalue weighted by Gasteiger charge is -2.24. The number of carbonyl (C=O) groups is 2. The number of rotatable bonds is 3. The fourth-order valence-corrected chi connectivity index (χ4v) is 3.90. The van der Waals surface area contributed by atoms with Crippen LogP contribution in [-0.4, -0.2) is 37.6 Å². The molecule has 1 N–H and O–H groups in total. The van der Waals surface area contributed by atoms with Gasteiger partial charge in [-0.15, -0.1) is 0 Å². The summed E-state index contributed by atoms with van der Waals surface area (Å²) >= 11 is 0. The zero-order valence-electron chi connectivity index (χ0n) is 14.3. The molecule has 2 amide bonds. The minimum atomic E-state index is -0.275. The Balaban J connectivity index is 1.42. The summed E-state index contributed by atoms with van der Waals surface area (Å²) < 4.78 is 11.1. The second kappa shape index (κ2) is 6.94. The van der Waals surface area contributed by atoms with Crippen molar-refractivity contribution in [1.29, 1.82) is 0 Å². The van der Waals surface area contributed by atoms with Crippen molar-refractivity contribution in [3.05, 3.63) is 18.2 Å². The van der Waals surface area contributed by atoms with Crippen LogP contribution in [0.25, 0.3) is 0 Å². The van der Waals surface area contributed by atoms with Crippen molar-refractivity contribution < 1.29 is 19.1 Å². The van der Waals surface area contributed by atoms with Crippen molar-refractivity contribution in [2.45, 2.75) is 44.6 Å². The lowest BCUT2D eigenvalue weighted by molar-refractivity contribution is -0.127. The largest absolute Gasteiger partial charge is 0.486 e. The van der Waals surface area contributed by atoms with Gasteiger partial charge in [0, 0.05) is 30.8 Å². The van der Waals surface area contributed by atoms with Crippen molar-refractivity contribution in [3.8, 4) is 11.5 Å². The van der Waals surface area contributed by atoms with E-state index in [9.17, 15) is 9.59 Å². The number of fused-ring (bicyclic) bond motifs is 1. The number of carbonyl (C=O) groups excluding carboxylic acids is 2. The molecule has 25 heavy (non-hydrogen) atoms. The van der Waals surface area contributed by atoms with Crippen LogP contribution in [0.4, 0.5) is 5.69 Å². The molecule has 3 aliphatic rings. The Bertz CT molecular complexity index is 669. The third-order valence-corrected chi connectivity index (χ3v) is 5.28. The van der Waals surface area contributed by atoms with Gasteiger partial charge in [-0.25, -0.2) is 0 Å². The van der Waals surface area contributed by atoms with E-state index in [2.05, 4.69) is 5.32 Å². The summed E-state index contributed by atoms with van der Waals surface area (Å²) in [5, 5.41) is 3.14. The first kappa shape index (κ1) is 16.2. The summed E-state index contributed by atoms with van der Waals surface area (Å²) in [6.45, 7) is 1.48. The Kier molecular flexibility index (Phi) is 4.51. The highest BCUT2D eigenvalue weighted by atomic mass is 16.6. The van der Waals surface area contributed by atoms with E-state index in [1.807, 2.05) is 18.2 Å². The molecule has 2 heterocycles. The van der Waals surface area contributed by atoms with Gasteiger partial charge < -0.3 is 19.7 Å². The highest BCUT2D eigenvalue weighted by Gasteiger charge is 2.36. The molecule has 1 atom stereocenters. The van der Waals surface area contributed by atoms with Crippen molar-refractivity contribution in [2.75, 3.05) is 24.7 Å². The topological polar surface area (TPSA) is 67.9 Å². The zero-order valence-corrected chi connectivity index (χ0v) is 14.3. The van der Waals surface area contributed by atoms with Crippen LogP contribution in [0.5, 0.6) is 11.5 Å². The molecule has 6 nitrogen and oxygen atoms in total. The monoisotopic (exact) mass is 344 g/mol. The van der Waals surface area contributed by atoms with E-state index in [0.29, 0.717) is 31.3 Å². The predicted octanol–water partition coefficient (Wildman–Crippen LogP) is 2.26. The number of amides is 2. The van der Waals surface area contributed by atoms with Crippen LogP contribution in [0.15, 0.2) is 18.2 Å². The summed E-state index contributed by atoms with van der Waals surface area (Å²) in [5.74, 6) is 1.09. The van der Waals surface area contributed by atoms with Gasteiger partial charge in [0.05, 0.1) is 5.92 Å². The van der Waals surface area contributed by atoms with Crippen LogP contribution >= 0.6 is 0 Å². The van der Waals surface area contributed by atoms with E-state index in [1.165, 1.54) is 19.3 Å². The van der Waals surface area contributed by atoms with Gasteiger partial charge in [-0.05, 0) is 25.0 Å². The number of anilines is 1. The second-order valence-electron chi connectivity index (χ2n) is 7.08. The predicted molar refractivity (Wildman–Crippen MR) is 92.9 cm³/mol. The molecule has 0 bridgehead atoms. The molecule has 6 heteroatoms. The molecule has 1 saturated carbocycles. The SMILES string of the molecule is O=C(NC1CCCCC1)[C@H]1CC(=O)N(c2ccc3c(c2)OCCO3)C1. The highest BCUT2D eigenvalue weighted by molar-refractivity contribution is 6.00. The second-order valence-corrected chi connectivity index (χ2v) is 7.08. The van der Waals surface area contributed by atoms with Gasteiger partial charge in [-0.3, -0.25) is 9.59 Å². The van der Waals surface area contributed by atoms with Gasteiger partial charge in [0.25, 0.3) is 0 Å². The Morgan fingerprint density at radius 3 is 2.64 bits per heavy atom. The van der Waals surface area contributed by atoms with E-state index < -0.39 is 0 Å². The molecule has 2 aliphatic heterocycles. The molecule has 0 unspecified atom stereocenters. The van der Waals surface area contributed by atoms with Crippen LogP contribution in [0.1, 0.15) is 38.5 Å². The van der Waals surface area contributed by atoms with Crippen molar-refractivity contribution in [1.82, 2.24) is 5.32 Å². The van der Waals surface area contributed by atoms with Gasteiger partial charge >= 0.3 is 0 Å². The van der Waals surface area contributed by atoms with Gasteiger partial charge in [0.1, 0.15) is 13.2 Å².